The average molecular weight is 435 g/mol. The molecule has 4 rings (SSSR count). The van der Waals surface area contributed by atoms with Crippen molar-refractivity contribution in [3.8, 4) is 0 Å². The Hall–Kier alpha value is -2.72. The molecule has 0 bridgehead atoms. The molecule has 12 nitrogen and oxygen atoms in total. The second kappa shape index (κ2) is 7.84. The molecule has 2 aliphatic heterocycles. The van der Waals surface area contributed by atoms with Crippen LogP contribution in [-0.2, 0) is 29.5 Å². The first kappa shape index (κ1) is 20.5. The summed E-state index contributed by atoms with van der Waals surface area (Å²) in [6.07, 6.45) is -1.71. The zero-order chi connectivity index (χ0) is 21.4. The smallest absolute Gasteiger partial charge is 0.349 e. The lowest BCUT2D eigenvalue weighted by Gasteiger charge is -2.35. The minimum Gasteiger partial charge on any atom is -0.349 e. The molecule has 2 saturated heterocycles. The maximum atomic E-state index is 13.0. The number of phosphoric acid groups is 1. The summed E-state index contributed by atoms with van der Waals surface area (Å²) in [6.45, 7) is 1.33. The van der Waals surface area contributed by atoms with E-state index in [0.29, 0.717) is 0 Å². The SMILES string of the molecule is C[C@@]1(N=[N+]=[N-])[C@@H]2OP(=O)(OCc3ccccc3)OC[C@H]2O[C@H]1n1ccc(=O)[nH]c1=O. The third-order valence-corrected chi connectivity index (χ3v) is 6.35. The molecule has 5 atom stereocenters. The van der Waals surface area contributed by atoms with Crippen LogP contribution < -0.4 is 11.2 Å². The zero-order valence-electron chi connectivity index (χ0n) is 15.8. The summed E-state index contributed by atoms with van der Waals surface area (Å²) in [5, 5.41) is 3.79. The van der Waals surface area contributed by atoms with Gasteiger partial charge in [0.05, 0.1) is 13.2 Å². The monoisotopic (exact) mass is 435 g/mol. The molecular weight excluding hydrogens is 417 g/mol. The van der Waals surface area contributed by atoms with Crippen LogP contribution in [0, 0.1) is 0 Å². The Morgan fingerprint density at radius 2 is 2.13 bits per heavy atom. The number of hydrogen-bond donors (Lipinski definition) is 1. The van der Waals surface area contributed by atoms with Crippen molar-refractivity contribution in [2.45, 2.75) is 37.5 Å². The van der Waals surface area contributed by atoms with Gasteiger partial charge in [0.25, 0.3) is 5.56 Å². The first-order chi connectivity index (χ1) is 14.3. The molecule has 30 heavy (non-hydrogen) atoms. The predicted octanol–water partition coefficient (Wildman–Crippen LogP) is 2.24. The van der Waals surface area contributed by atoms with Gasteiger partial charge in [0, 0.05) is 17.2 Å². The molecule has 1 unspecified atom stereocenters. The fourth-order valence-corrected chi connectivity index (χ4v) is 4.94. The van der Waals surface area contributed by atoms with Gasteiger partial charge >= 0.3 is 13.5 Å². The van der Waals surface area contributed by atoms with Crippen molar-refractivity contribution in [3.63, 3.8) is 0 Å². The molecule has 0 spiro atoms. The maximum absolute atomic E-state index is 13.0. The molecule has 3 heterocycles. The van der Waals surface area contributed by atoms with E-state index < -0.39 is 43.0 Å². The summed E-state index contributed by atoms with van der Waals surface area (Å²) in [7, 11) is -4.00. The first-order valence-electron chi connectivity index (χ1n) is 8.99. The molecule has 0 saturated carbocycles. The number of azide groups is 1. The molecule has 13 heteroatoms. The number of aromatic amines is 1. The van der Waals surface area contributed by atoms with Crippen LogP contribution in [0.1, 0.15) is 18.7 Å². The number of rotatable bonds is 5. The highest BCUT2D eigenvalue weighted by Crippen LogP contribution is 2.59. The average Bonchev–Trinajstić information content (AvgIpc) is 2.99. The van der Waals surface area contributed by atoms with Crippen LogP contribution in [0.2, 0.25) is 0 Å². The number of ether oxygens (including phenoxy) is 1. The Morgan fingerprint density at radius 1 is 1.37 bits per heavy atom. The van der Waals surface area contributed by atoms with Crippen molar-refractivity contribution in [3.05, 3.63) is 79.4 Å². The number of nitrogens with zero attached hydrogens (tertiary/aromatic N) is 4. The van der Waals surface area contributed by atoms with E-state index in [1.54, 1.807) is 12.1 Å². The summed E-state index contributed by atoms with van der Waals surface area (Å²) >= 11 is 0. The fourth-order valence-electron chi connectivity index (χ4n) is 3.48. The van der Waals surface area contributed by atoms with Crippen LogP contribution in [0.5, 0.6) is 0 Å². The van der Waals surface area contributed by atoms with Crippen LogP contribution in [-0.4, -0.2) is 33.9 Å². The van der Waals surface area contributed by atoms with Gasteiger partial charge in [0.2, 0.25) is 0 Å². The minimum absolute atomic E-state index is 0.0165. The molecule has 0 aliphatic carbocycles. The van der Waals surface area contributed by atoms with Gasteiger partial charge < -0.3 is 4.74 Å². The molecule has 2 aromatic rings. The number of aromatic nitrogens is 2. The summed E-state index contributed by atoms with van der Waals surface area (Å²) < 4.78 is 36.3. The Labute approximate surface area is 169 Å². The minimum atomic E-state index is -4.00. The largest absolute Gasteiger partial charge is 0.475 e. The molecule has 1 N–H and O–H groups in total. The first-order valence-corrected chi connectivity index (χ1v) is 10.5. The summed E-state index contributed by atoms with van der Waals surface area (Å²) in [6, 6.07) is 10.2. The van der Waals surface area contributed by atoms with Gasteiger partial charge in [0.15, 0.2) is 6.23 Å². The maximum Gasteiger partial charge on any atom is 0.475 e. The topological polar surface area (TPSA) is 158 Å². The lowest BCUT2D eigenvalue weighted by Crippen LogP contribution is -2.47. The second-order valence-corrected chi connectivity index (χ2v) is 8.61. The van der Waals surface area contributed by atoms with Crippen LogP contribution in [0.4, 0.5) is 0 Å². The van der Waals surface area contributed by atoms with Crippen molar-refractivity contribution in [1.29, 1.82) is 0 Å². The van der Waals surface area contributed by atoms with Gasteiger partial charge in [-0.1, -0.05) is 35.4 Å². The Kier molecular flexibility index (Phi) is 5.37. The quantitative estimate of drug-likeness (QED) is 0.326. The molecule has 0 amide bonds. The van der Waals surface area contributed by atoms with E-state index in [1.807, 2.05) is 18.2 Å². The van der Waals surface area contributed by atoms with Crippen LogP contribution in [0.25, 0.3) is 10.4 Å². The van der Waals surface area contributed by atoms with Crippen molar-refractivity contribution in [2.75, 3.05) is 6.61 Å². The van der Waals surface area contributed by atoms with Gasteiger partial charge in [-0.15, -0.1) is 0 Å². The summed E-state index contributed by atoms with van der Waals surface area (Å²) in [5.74, 6) is 0. The van der Waals surface area contributed by atoms with E-state index in [2.05, 4.69) is 15.0 Å². The highest BCUT2D eigenvalue weighted by atomic mass is 31.2. The van der Waals surface area contributed by atoms with Gasteiger partial charge in [0.1, 0.15) is 17.7 Å². The van der Waals surface area contributed by atoms with Crippen molar-refractivity contribution in [1.82, 2.24) is 9.55 Å². The third-order valence-electron chi connectivity index (χ3n) is 4.95. The number of benzene rings is 1. The fraction of sp³-hybridized carbons (Fsp3) is 0.412. The molecule has 2 aliphatic rings. The van der Waals surface area contributed by atoms with Crippen molar-refractivity contribution < 1.29 is 22.9 Å². The van der Waals surface area contributed by atoms with Gasteiger partial charge in [-0.25, -0.2) is 9.36 Å². The molecule has 0 radical (unpaired) electrons. The van der Waals surface area contributed by atoms with Crippen LogP contribution in [0.3, 0.4) is 0 Å². The number of phosphoric ester groups is 1. The molecule has 158 valence electrons. The third kappa shape index (κ3) is 3.72. The second-order valence-electron chi connectivity index (χ2n) is 6.99. The number of fused-ring (bicyclic) bond motifs is 1. The number of nitrogens with one attached hydrogen (secondary N) is 1. The lowest BCUT2D eigenvalue weighted by molar-refractivity contribution is -0.0730. The van der Waals surface area contributed by atoms with E-state index in [0.717, 1.165) is 16.2 Å². The molecule has 2 fully saturated rings. The normalized spacial score (nSPS) is 32.9. The van der Waals surface area contributed by atoms with Gasteiger partial charge in [-0.05, 0) is 18.0 Å². The number of H-pyrrole nitrogens is 1. The Balaban J connectivity index is 1.62. The van der Waals surface area contributed by atoms with Crippen molar-refractivity contribution >= 4 is 7.82 Å². The lowest BCUT2D eigenvalue weighted by atomic mass is 9.93. The van der Waals surface area contributed by atoms with E-state index in [1.165, 1.54) is 13.1 Å². The van der Waals surface area contributed by atoms with Crippen LogP contribution in [0.15, 0.2) is 57.3 Å². The van der Waals surface area contributed by atoms with Crippen molar-refractivity contribution in [2.24, 2.45) is 5.11 Å². The predicted molar refractivity (Wildman–Crippen MR) is 102 cm³/mol. The zero-order valence-corrected chi connectivity index (χ0v) is 16.7. The highest BCUT2D eigenvalue weighted by molar-refractivity contribution is 7.48. The number of hydrogen-bond acceptors (Lipinski definition) is 8. The molecule has 1 aromatic heterocycles. The Bertz CT molecular complexity index is 1140. The van der Waals surface area contributed by atoms with E-state index >= 15 is 0 Å². The van der Waals surface area contributed by atoms with Gasteiger partial charge in [-0.3, -0.25) is 27.9 Å². The van der Waals surface area contributed by atoms with E-state index in [-0.39, 0.29) is 13.2 Å². The van der Waals surface area contributed by atoms with Gasteiger partial charge in [-0.2, -0.15) is 0 Å². The van der Waals surface area contributed by atoms with E-state index in [4.69, 9.17) is 23.8 Å². The summed E-state index contributed by atoms with van der Waals surface area (Å²) in [5.41, 5.74) is 7.06. The standard InChI is InChI=1S/C17H18N5O7P/c1-17(20-21-18)14-12(28-15(17)22-8-7-13(23)19-16(22)24)10-27-30(25,29-14)26-9-11-5-3-2-4-6-11/h2-8,12,14-15H,9-10H2,1H3,(H,19,23,24)/t12-,14-,15-,17-,30?/m1/s1. The molecular formula is C17H18N5O7P. The van der Waals surface area contributed by atoms with Crippen LogP contribution >= 0.6 is 7.82 Å². The van der Waals surface area contributed by atoms with E-state index in [9.17, 15) is 14.2 Å². The highest BCUT2D eigenvalue weighted by Gasteiger charge is 2.60. The Morgan fingerprint density at radius 3 is 2.83 bits per heavy atom. The summed E-state index contributed by atoms with van der Waals surface area (Å²) in [4.78, 5) is 28.6. The molecule has 1 aromatic carbocycles.